The lowest BCUT2D eigenvalue weighted by Gasteiger charge is -2.28. The van der Waals surface area contributed by atoms with Crippen molar-refractivity contribution in [2.45, 2.75) is 65.0 Å². The van der Waals surface area contributed by atoms with Crippen LogP contribution < -0.4 is 0 Å². The Morgan fingerprint density at radius 1 is 1.17 bits per heavy atom. The summed E-state index contributed by atoms with van der Waals surface area (Å²) in [6, 6.07) is 10.2. The summed E-state index contributed by atoms with van der Waals surface area (Å²) in [5, 5.41) is 0. The van der Waals surface area contributed by atoms with Crippen molar-refractivity contribution in [3.05, 3.63) is 42.5 Å². The molecular weight excluding hydrogens is 281 g/mol. The summed E-state index contributed by atoms with van der Waals surface area (Å²) in [5.74, 6) is 1.19. The summed E-state index contributed by atoms with van der Waals surface area (Å²) in [6.07, 6.45) is 9.21. The normalized spacial score (nSPS) is 18.8. The van der Waals surface area contributed by atoms with Gasteiger partial charge in [-0.2, -0.15) is 0 Å². The Labute approximate surface area is 142 Å². The topological polar surface area (TPSA) is 21.6 Å². The summed E-state index contributed by atoms with van der Waals surface area (Å²) in [4.78, 5) is 4.87. The number of aliphatic imine (C=N–C) groups is 1. The maximum Gasteiger partial charge on any atom is 0.359 e. The van der Waals surface area contributed by atoms with Crippen LogP contribution in [0.25, 0.3) is 0 Å². The van der Waals surface area contributed by atoms with E-state index < -0.39 is 0 Å². The Morgan fingerprint density at radius 3 is 2.48 bits per heavy atom. The molecular formula is C20H30BNO. The van der Waals surface area contributed by atoms with E-state index in [4.69, 9.17) is 9.65 Å². The third-order valence-electron chi connectivity index (χ3n) is 4.54. The molecule has 0 spiro atoms. The molecule has 23 heavy (non-hydrogen) atoms. The van der Waals surface area contributed by atoms with Crippen molar-refractivity contribution in [3.8, 4) is 0 Å². The van der Waals surface area contributed by atoms with Crippen LogP contribution >= 0.6 is 0 Å². The first-order valence-electron chi connectivity index (χ1n) is 9.22. The van der Waals surface area contributed by atoms with Gasteiger partial charge in [-0.1, -0.05) is 63.5 Å². The molecule has 1 unspecified atom stereocenters. The fraction of sp³-hybridized carbons (Fsp3) is 0.550. The molecule has 124 valence electrons. The van der Waals surface area contributed by atoms with Gasteiger partial charge in [0, 0.05) is 0 Å². The Kier molecular flexibility index (Phi) is 7.44. The molecule has 0 saturated heterocycles. The monoisotopic (exact) mass is 311 g/mol. The highest BCUT2D eigenvalue weighted by Gasteiger charge is 2.27. The highest BCUT2D eigenvalue weighted by Crippen LogP contribution is 2.31. The first-order chi connectivity index (χ1) is 11.2. The third kappa shape index (κ3) is 5.56. The van der Waals surface area contributed by atoms with Gasteiger partial charge in [0.05, 0.1) is 11.6 Å². The van der Waals surface area contributed by atoms with Crippen molar-refractivity contribution in [3.63, 3.8) is 0 Å². The van der Waals surface area contributed by atoms with Gasteiger partial charge in [-0.15, -0.1) is 0 Å². The van der Waals surface area contributed by atoms with E-state index in [1.165, 1.54) is 18.4 Å². The summed E-state index contributed by atoms with van der Waals surface area (Å²) < 4.78 is 6.43. The summed E-state index contributed by atoms with van der Waals surface area (Å²) in [6.45, 7) is 9.02. The van der Waals surface area contributed by atoms with Crippen molar-refractivity contribution in [2.75, 3.05) is 0 Å². The highest BCUT2D eigenvalue weighted by atomic mass is 16.4. The van der Waals surface area contributed by atoms with Crippen LogP contribution in [0.5, 0.6) is 0 Å². The second-order valence-electron chi connectivity index (χ2n) is 6.56. The largest absolute Gasteiger partial charge is 0.550 e. The van der Waals surface area contributed by atoms with Gasteiger partial charge in [0.1, 0.15) is 0 Å². The Morgan fingerprint density at radius 2 is 1.87 bits per heavy atom. The number of benzene rings is 1. The van der Waals surface area contributed by atoms with Gasteiger partial charge in [-0.25, -0.2) is 4.99 Å². The standard InChI is InChI=1S/C20H30BNO/c1-4-15-21(16-5-2)23-20(19-14-10-9-11-17(19)3)22-18-12-7-6-8-13-18/h6-8,12-13,19H,3-5,9-11,14-16H2,1-2H3. The third-order valence-corrected chi connectivity index (χ3v) is 4.54. The van der Waals surface area contributed by atoms with Crippen LogP contribution in [-0.4, -0.2) is 12.8 Å². The van der Waals surface area contributed by atoms with Crippen molar-refractivity contribution in [1.29, 1.82) is 0 Å². The van der Waals surface area contributed by atoms with Crippen LogP contribution in [0.3, 0.4) is 0 Å². The number of hydrogen-bond acceptors (Lipinski definition) is 2. The van der Waals surface area contributed by atoms with Crippen LogP contribution in [-0.2, 0) is 4.65 Å². The minimum atomic E-state index is 0.280. The first kappa shape index (κ1) is 17.8. The van der Waals surface area contributed by atoms with Gasteiger partial charge in [0.15, 0.2) is 5.90 Å². The average molecular weight is 311 g/mol. The second kappa shape index (κ2) is 9.59. The first-order valence-corrected chi connectivity index (χ1v) is 9.22. The lowest BCUT2D eigenvalue weighted by atomic mass is 9.60. The van der Waals surface area contributed by atoms with Gasteiger partial charge in [0.25, 0.3) is 0 Å². The second-order valence-corrected chi connectivity index (χ2v) is 6.56. The van der Waals surface area contributed by atoms with Gasteiger partial charge in [-0.05, 0) is 44.0 Å². The van der Waals surface area contributed by atoms with Crippen LogP contribution in [0.1, 0.15) is 52.4 Å². The number of nitrogens with zero attached hydrogens (tertiary/aromatic N) is 1. The highest BCUT2D eigenvalue weighted by molar-refractivity contribution is 6.54. The van der Waals surface area contributed by atoms with Crippen molar-refractivity contribution >= 4 is 18.5 Å². The van der Waals surface area contributed by atoms with Gasteiger partial charge in [-0.3, -0.25) is 0 Å². The van der Waals surface area contributed by atoms with Crippen LogP contribution in [0, 0.1) is 5.92 Å². The Bertz CT molecular complexity index is 506. The predicted molar refractivity (Wildman–Crippen MR) is 102 cm³/mol. The van der Waals surface area contributed by atoms with Gasteiger partial charge in [0.2, 0.25) is 0 Å². The lowest BCUT2D eigenvalue weighted by Crippen LogP contribution is -2.29. The molecule has 2 rings (SSSR count). The summed E-state index contributed by atoms with van der Waals surface area (Å²) in [5.41, 5.74) is 2.27. The molecule has 1 atom stereocenters. The zero-order valence-corrected chi connectivity index (χ0v) is 14.8. The van der Waals surface area contributed by atoms with Crippen molar-refractivity contribution in [1.82, 2.24) is 0 Å². The fourth-order valence-electron chi connectivity index (χ4n) is 3.27. The van der Waals surface area contributed by atoms with E-state index >= 15 is 0 Å². The molecule has 0 aliphatic heterocycles. The minimum absolute atomic E-state index is 0.280. The van der Waals surface area contributed by atoms with Gasteiger partial charge >= 0.3 is 6.92 Å². The Balaban J connectivity index is 2.23. The van der Waals surface area contributed by atoms with Crippen molar-refractivity contribution in [2.24, 2.45) is 10.9 Å². The lowest BCUT2D eigenvalue weighted by molar-refractivity contribution is 0.454. The molecule has 0 aromatic heterocycles. The van der Waals surface area contributed by atoms with Crippen LogP contribution in [0.15, 0.2) is 47.5 Å². The molecule has 1 saturated carbocycles. The molecule has 0 N–H and O–H groups in total. The Hall–Kier alpha value is -1.51. The molecule has 0 heterocycles. The molecule has 1 aliphatic rings. The SMILES string of the molecule is C=C1CCCCC1C(=Nc1ccccc1)OB(CCC)CCC. The predicted octanol–water partition coefficient (Wildman–Crippen LogP) is 6.29. The van der Waals surface area contributed by atoms with E-state index in [0.29, 0.717) is 5.92 Å². The van der Waals surface area contributed by atoms with E-state index in [1.54, 1.807) is 0 Å². The average Bonchev–Trinajstić information content (AvgIpc) is 2.56. The molecule has 0 bridgehead atoms. The smallest absolute Gasteiger partial charge is 0.359 e. The molecule has 0 amide bonds. The minimum Gasteiger partial charge on any atom is -0.550 e. The molecule has 3 heteroatoms. The molecule has 2 nitrogen and oxygen atoms in total. The molecule has 1 aromatic carbocycles. The van der Waals surface area contributed by atoms with E-state index in [9.17, 15) is 0 Å². The van der Waals surface area contributed by atoms with Gasteiger partial charge < -0.3 is 4.65 Å². The number of hydrogen-bond donors (Lipinski definition) is 0. The maximum atomic E-state index is 6.43. The summed E-state index contributed by atoms with van der Waals surface area (Å²) in [7, 11) is 0. The molecule has 1 aromatic rings. The zero-order valence-electron chi connectivity index (χ0n) is 14.8. The quantitative estimate of drug-likeness (QED) is 0.251. The summed E-state index contributed by atoms with van der Waals surface area (Å²) >= 11 is 0. The number of rotatable bonds is 7. The fourth-order valence-corrected chi connectivity index (χ4v) is 3.27. The van der Waals surface area contributed by atoms with E-state index in [2.05, 4.69) is 20.4 Å². The zero-order chi connectivity index (χ0) is 16.5. The maximum absolute atomic E-state index is 6.43. The van der Waals surface area contributed by atoms with Crippen LogP contribution in [0.4, 0.5) is 5.69 Å². The number of para-hydroxylation sites is 1. The van der Waals surface area contributed by atoms with Crippen molar-refractivity contribution < 1.29 is 4.65 Å². The molecule has 1 fully saturated rings. The molecule has 0 radical (unpaired) electrons. The molecule has 1 aliphatic carbocycles. The van der Waals surface area contributed by atoms with E-state index in [-0.39, 0.29) is 6.92 Å². The van der Waals surface area contributed by atoms with Crippen LogP contribution in [0.2, 0.25) is 12.6 Å². The van der Waals surface area contributed by atoms with E-state index in [1.807, 2.05) is 30.3 Å². The van der Waals surface area contributed by atoms with E-state index in [0.717, 1.165) is 49.9 Å².